The maximum atomic E-state index is 12.4. The molecule has 2 amide bonds. The highest BCUT2D eigenvalue weighted by molar-refractivity contribution is 9.10. The molecule has 5 nitrogen and oxygen atoms in total. The van der Waals surface area contributed by atoms with E-state index in [-0.39, 0.29) is 24.2 Å². The predicted molar refractivity (Wildman–Crippen MR) is 90.5 cm³/mol. The zero-order valence-electron chi connectivity index (χ0n) is 12.4. The van der Waals surface area contributed by atoms with Crippen molar-refractivity contribution in [1.82, 2.24) is 9.88 Å². The zero-order valence-corrected chi connectivity index (χ0v) is 14.0. The number of para-hydroxylation sites is 1. The van der Waals surface area contributed by atoms with Gasteiger partial charge in [-0.15, -0.1) is 0 Å². The minimum atomic E-state index is -0.323. The number of aromatic nitrogens is 1. The lowest BCUT2D eigenvalue weighted by atomic mass is 10.1. The molecule has 0 spiro atoms. The van der Waals surface area contributed by atoms with Crippen molar-refractivity contribution in [1.29, 1.82) is 0 Å². The van der Waals surface area contributed by atoms with Gasteiger partial charge in [0.1, 0.15) is 0 Å². The van der Waals surface area contributed by atoms with E-state index in [4.69, 9.17) is 0 Å². The first-order valence-corrected chi connectivity index (χ1v) is 8.15. The van der Waals surface area contributed by atoms with Crippen LogP contribution < -0.4 is 5.32 Å². The van der Waals surface area contributed by atoms with Crippen molar-refractivity contribution in [3.63, 3.8) is 0 Å². The Morgan fingerprint density at radius 2 is 2.00 bits per heavy atom. The lowest BCUT2D eigenvalue weighted by molar-refractivity contribution is -0.128. The number of amides is 2. The standard InChI is InChI=1S/C17H16BrN3O2/c18-14-3-1-2-4-15(14)20-17(23)13-9-16(22)21(11-13)10-12-5-7-19-8-6-12/h1-8,13H,9-11H2,(H,20,23). The molecule has 0 radical (unpaired) electrons. The summed E-state index contributed by atoms with van der Waals surface area (Å²) in [5.41, 5.74) is 1.73. The molecule has 1 fully saturated rings. The van der Waals surface area contributed by atoms with Crippen molar-refractivity contribution in [2.24, 2.45) is 5.92 Å². The van der Waals surface area contributed by atoms with Crippen LogP contribution in [0.15, 0.2) is 53.3 Å². The Labute approximate surface area is 142 Å². The molecule has 2 aromatic rings. The molecule has 23 heavy (non-hydrogen) atoms. The molecule has 0 saturated carbocycles. The number of likely N-dealkylation sites (tertiary alicyclic amines) is 1. The van der Waals surface area contributed by atoms with Crippen LogP contribution in [0.1, 0.15) is 12.0 Å². The van der Waals surface area contributed by atoms with E-state index in [0.717, 1.165) is 15.7 Å². The number of carbonyl (C=O) groups is 2. The molecule has 1 unspecified atom stereocenters. The monoisotopic (exact) mass is 373 g/mol. The van der Waals surface area contributed by atoms with Gasteiger partial charge in [-0.05, 0) is 45.8 Å². The van der Waals surface area contributed by atoms with Gasteiger partial charge in [-0.25, -0.2) is 0 Å². The Morgan fingerprint density at radius 3 is 2.74 bits per heavy atom. The summed E-state index contributed by atoms with van der Waals surface area (Å²) in [4.78, 5) is 30.2. The summed E-state index contributed by atoms with van der Waals surface area (Å²) < 4.78 is 0.825. The lowest BCUT2D eigenvalue weighted by Crippen LogP contribution is -2.28. The van der Waals surface area contributed by atoms with Crippen LogP contribution in [0.25, 0.3) is 0 Å². The van der Waals surface area contributed by atoms with Crippen LogP contribution in [0.4, 0.5) is 5.69 Å². The molecule has 1 saturated heterocycles. The average molecular weight is 374 g/mol. The van der Waals surface area contributed by atoms with Crippen LogP contribution in [0.2, 0.25) is 0 Å². The van der Waals surface area contributed by atoms with Crippen LogP contribution >= 0.6 is 15.9 Å². The maximum Gasteiger partial charge on any atom is 0.229 e. The summed E-state index contributed by atoms with van der Waals surface area (Å²) in [6.07, 6.45) is 3.65. The van der Waals surface area contributed by atoms with Gasteiger partial charge < -0.3 is 10.2 Å². The highest BCUT2D eigenvalue weighted by atomic mass is 79.9. The lowest BCUT2D eigenvalue weighted by Gasteiger charge is -2.16. The van der Waals surface area contributed by atoms with E-state index < -0.39 is 0 Å². The largest absolute Gasteiger partial charge is 0.338 e. The number of nitrogens with zero attached hydrogens (tertiary/aromatic N) is 2. The highest BCUT2D eigenvalue weighted by Gasteiger charge is 2.34. The third kappa shape index (κ3) is 3.76. The van der Waals surface area contributed by atoms with Gasteiger partial charge >= 0.3 is 0 Å². The molecular weight excluding hydrogens is 358 g/mol. The minimum absolute atomic E-state index is 0.00842. The molecule has 1 aliphatic rings. The van der Waals surface area contributed by atoms with Crippen molar-refractivity contribution >= 4 is 33.4 Å². The molecule has 118 valence electrons. The van der Waals surface area contributed by atoms with Crippen LogP contribution in [-0.2, 0) is 16.1 Å². The topological polar surface area (TPSA) is 62.3 Å². The van der Waals surface area contributed by atoms with Crippen LogP contribution in [0.3, 0.4) is 0 Å². The van der Waals surface area contributed by atoms with E-state index in [9.17, 15) is 9.59 Å². The number of carbonyl (C=O) groups excluding carboxylic acids is 2. The van der Waals surface area contributed by atoms with Crippen molar-refractivity contribution in [3.8, 4) is 0 Å². The van der Waals surface area contributed by atoms with Gasteiger partial charge in [0, 0.05) is 36.4 Å². The Hall–Kier alpha value is -2.21. The molecule has 6 heteroatoms. The summed E-state index contributed by atoms with van der Waals surface area (Å²) in [7, 11) is 0. The number of rotatable bonds is 4. The van der Waals surface area contributed by atoms with Crippen molar-refractivity contribution in [3.05, 3.63) is 58.8 Å². The third-order valence-corrected chi connectivity index (χ3v) is 4.53. The Kier molecular flexibility index (Phi) is 4.71. The van der Waals surface area contributed by atoms with E-state index in [0.29, 0.717) is 13.1 Å². The first-order valence-electron chi connectivity index (χ1n) is 7.35. The zero-order chi connectivity index (χ0) is 16.2. The van der Waals surface area contributed by atoms with E-state index in [1.54, 1.807) is 17.3 Å². The van der Waals surface area contributed by atoms with E-state index in [1.807, 2.05) is 36.4 Å². The van der Waals surface area contributed by atoms with Gasteiger partial charge in [0.25, 0.3) is 0 Å². The van der Waals surface area contributed by atoms with Crippen LogP contribution in [0, 0.1) is 5.92 Å². The van der Waals surface area contributed by atoms with Gasteiger partial charge in [0.05, 0.1) is 11.6 Å². The second-order valence-corrected chi connectivity index (χ2v) is 6.35. The van der Waals surface area contributed by atoms with Gasteiger partial charge in [-0.3, -0.25) is 14.6 Å². The summed E-state index contributed by atoms with van der Waals surface area (Å²) in [6.45, 7) is 0.956. The summed E-state index contributed by atoms with van der Waals surface area (Å²) in [5.74, 6) is -0.437. The maximum absolute atomic E-state index is 12.4. The van der Waals surface area contributed by atoms with Gasteiger partial charge in [0.15, 0.2) is 0 Å². The van der Waals surface area contributed by atoms with Crippen molar-refractivity contribution in [2.75, 3.05) is 11.9 Å². The van der Waals surface area contributed by atoms with Crippen LogP contribution in [-0.4, -0.2) is 28.2 Å². The number of pyridine rings is 1. The molecule has 3 rings (SSSR count). The van der Waals surface area contributed by atoms with E-state index in [2.05, 4.69) is 26.2 Å². The Morgan fingerprint density at radius 1 is 1.26 bits per heavy atom. The fraction of sp³-hybridized carbons (Fsp3) is 0.235. The second kappa shape index (κ2) is 6.91. The quantitative estimate of drug-likeness (QED) is 0.895. The number of hydrogen-bond donors (Lipinski definition) is 1. The van der Waals surface area contributed by atoms with Gasteiger partial charge in [0.2, 0.25) is 11.8 Å². The molecule has 1 aromatic carbocycles. The predicted octanol–water partition coefficient (Wildman–Crippen LogP) is 2.83. The number of hydrogen-bond acceptors (Lipinski definition) is 3. The molecular formula is C17H16BrN3O2. The van der Waals surface area contributed by atoms with Gasteiger partial charge in [-0.2, -0.15) is 0 Å². The molecule has 0 bridgehead atoms. The molecule has 1 N–H and O–H groups in total. The Bertz CT molecular complexity index is 721. The normalized spacial score (nSPS) is 17.3. The van der Waals surface area contributed by atoms with Crippen LogP contribution in [0.5, 0.6) is 0 Å². The van der Waals surface area contributed by atoms with E-state index >= 15 is 0 Å². The van der Waals surface area contributed by atoms with Crippen molar-refractivity contribution in [2.45, 2.75) is 13.0 Å². The molecule has 1 aromatic heterocycles. The summed E-state index contributed by atoms with van der Waals surface area (Å²) >= 11 is 3.40. The molecule has 1 atom stereocenters. The highest BCUT2D eigenvalue weighted by Crippen LogP contribution is 2.25. The Balaban J connectivity index is 1.63. The van der Waals surface area contributed by atoms with Crippen molar-refractivity contribution < 1.29 is 9.59 Å². The smallest absolute Gasteiger partial charge is 0.229 e. The van der Waals surface area contributed by atoms with Gasteiger partial charge in [-0.1, -0.05) is 12.1 Å². The van der Waals surface area contributed by atoms with E-state index in [1.165, 1.54) is 0 Å². The molecule has 1 aliphatic heterocycles. The number of halogens is 1. The number of anilines is 1. The fourth-order valence-corrected chi connectivity index (χ4v) is 2.99. The first kappa shape index (κ1) is 15.7. The summed E-state index contributed by atoms with van der Waals surface area (Å²) in [6, 6.07) is 11.2. The third-order valence-electron chi connectivity index (χ3n) is 3.84. The molecule has 2 heterocycles. The number of benzene rings is 1. The number of nitrogens with one attached hydrogen (secondary N) is 1. The SMILES string of the molecule is O=C(Nc1ccccc1Br)C1CC(=O)N(Cc2ccncc2)C1. The molecule has 0 aliphatic carbocycles. The average Bonchev–Trinajstić information content (AvgIpc) is 2.92. The fourth-order valence-electron chi connectivity index (χ4n) is 2.61. The first-order chi connectivity index (χ1) is 11.1. The summed E-state index contributed by atoms with van der Waals surface area (Å²) in [5, 5.41) is 2.88. The minimum Gasteiger partial charge on any atom is -0.338 e. The second-order valence-electron chi connectivity index (χ2n) is 5.50.